The fourth-order valence-corrected chi connectivity index (χ4v) is 11.8. The number of phenolic OH excluding ortho intramolecular Hbond substituents is 3. The summed E-state index contributed by atoms with van der Waals surface area (Å²) in [5.41, 5.74) is 29.5. The number of hydrogen-bond acceptors (Lipinski definition) is 8. The lowest BCUT2D eigenvalue weighted by molar-refractivity contribution is 0.0685. The molecule has 11 rings (SSSR count). The SMILES string of the molecule is C=C(O)c1cc(C)cc(Cc2cc(C)cc(C(=O)O)c2)c1.CC(=O)c1cc(Cc2ccc(C)c(C(=O)O)c2)ccc1C.Cc1cc(C)cc(C(=O)O)c1.Cc1ccc(-c2ccc(C)c(O)c2)cc1C.Cc1ccc(-c2ccc(O)c(C)c2)cc1C.Cc1ccc(C(C)(C)c2ccc(O)c(C)c2)cc1C. The highest BCUT2D eigenvalue weighted by Crippen LogP contribution is 2.35. The van der Waals surface area contributed by atoms with E-state index in [9.17, 15) is 39.6 Å². The highest BCUT2D eigenvalue weighted by atomic mass is 16.4. The summed E-state index contributed by atoms with van der Waals surface area (Å²) in [6.07, 6.45) is 1.23. The lowest BCUT2D eigenvalue weighted by Crippen LogP contribution is -2.19. The number of Topliss-reactive ketones (excluding diaryl/α,β-unsaturated/α-hetero) is 1. The molecule has 11 aromatic rings. The van der Waals surface area contributed by atoms with Gasteiger partial charge in [-0.15, -0.1) is 0 Å². The summed E-state index contributed by atoms with van der Waals surface area (Å²) in [7, 11) is 0. The number of carbonyl (C=O) groups excluding carboxylic acids is 1. The lowest BCUT2D eigenvalue weighted by Gasteiger charge is -2.27. The molecule has 0 aliphatic carbocycles. The van der Waals surface area contributed by atoms with Gasteiger partial charge in [0.2, 0.25) is 0 Å². The Labute approximate surface area is 614 Å². The van der Waals surface area contributed by atoms with Crippen LogP contribution in [0.1, 0.15) is 185 Å². The van der Waals surface area contributed by atoms with Crippen LogP contribution in [0.25, 0.3) is 28.0 Å². The number of aliphatic hydroxyl groups excluding tert-OH is 1. The van der Waals surface area contributed by atoms with Gasteiger partial charge in [-0.2, -0.15) is 0 Å². The molecular formula is C93H100O11. The molecule has 0 saturated carbocycles. The maximum atomic E-state index is 11.6. The summed E-state index contributed by atoms with van der Waals surface area (Å²) in [6, 6.07) is 64.4. The predicted octanol–water partition coefficient (Wildman–Crippen LogP) is 22.5. The van der Waals surface area contributed by atoms with Crippen molar-refractivity contribution in [3.63, 3.8) is 0 Å². The Morgan fingerprint density at radius 1 is 0.298 bits per heavy atom. The van der Waals surface area contributed by atoms with E-state index in [1.54, 1.807) is 56.3 Å². The topological polar surface area (TPSA) is 210 Å². The van der Waals surface area contributed by atoms with Crippen LogP contribution in [0.5, 0.6) is 17.2 Å². The molecule has 0 aliphatic rings. The fourth-order valence-electron chi connectivity index (χ4n) is 11.8. The molecule has 0 atom stereocenters. The van der Waals surface area contributed by atoms with Gasteiger partial charge >= 0.3 is 17.9 Å². The number of aryl methyl sites for hydroxylation is 15. The van der Waals surface area contributed by atoms with Crippen LogP contribution in [0.15, 0.2) is 207 Å². The first-order valence-electron chi connectivity index (χ1n) is 34.5. The molecule has 0 spiro atoms. The number of ketones is 1. The van der Waals surface area contributed by atoms with Gasteiger partial charge in [-0.05, 0) is 319 Å². The number of rotatable bonds is 13. The first-order chi connectivity index (χ1) is 48.8. The standard InChI is InChI=1S/2C18H18O3.C18H22O.2C15H16O.C9H10O2/c1-11-4-14(9-16(6-11)13(3)19)8-15-5-12(2)7-17(10-15)18(20)21;1-11-4-6-14(9-16(11)13(3)19)8-15-7-5-12(2)17(10-15)18(20)21;1-12-6-7-15(10-13(12)2)18(4,5)16-8-9-17(19)14(3)11-16;1-10-4-6-13(8-12(10)3)14-7-5-11(2)15(16)9-14;1-10-4-5-13(8-11(10)2)14-6-7-15(16)12(3)9-14;1-6-3-7(2)5-8(4-6)9(10)11/h4-7,9-10,19H,3,8H2,1-2H3,(H,20,21);4-7,9-10H,8H2,1-3H3,(H,20,21);6-11,19H,1-5H3;2*4-9,16H,1-3H3;3-5H,1-2H3,(H,10,11). The minimum Gasteiger partial charge on any atom is -0.508 e. The largest absolute Gasteiger partial charge is 0.508 e. The van der Waals surface area contributed by atoms with E-state index < -0.39 is 17.9 Å². The third-order valence-corrected chi connectivity index (χ3v) is 18.6. The zero-order valence-corrected chi connectivity index (χ0v) is 63.4. The van der Waals surface area contributed by atoms with Gasteiger partial charge in [0.1, 0.15) is 23.0 Å². The number of hydrogen-bond donors (Lipinski definition) is 7. The van der Waals surface area contributed by atoms with Crippen molar-refractivity contribution < 1.29 is 54.9 Å². The van der Waals surface area contributed by atoms with Crippen molar-refractivity contribution in [2.24, 2.45) is 0 Å². The van der Waals surface area contributed by atoms with E-state index >= 15 is 0 Å². The monoisotopic (exact) mass is 1390 g/mol. The van der Waals surface area contributed by atoms with Gasteiger partial charge in [-0.3, -0.25) is 4.79 Å². The Balaban J connectivity index is 0.000000198. The molecule has 0 fully saturated rings. The molecule has 0 saturated heterocycles. The maximum absolute atomic E-state index is 11.6. The molecule has 11 heteroatoms. The Kier molecular flexibility index (Phi) is 28.5. The molecule has 11 aromatic carbocycles. The van der Waals surface area contributed by atoms with Crippen molar-refractivity contribution in [3.05, 3.63) is 351 Å². The summed E-state index contributed by atoms with van der Waals surface area (Å²) in [4.78, 5) is 44.4. The molecule has 538 valence electrons. The third-order valence-electron chi connectivity index (χ3n) is 18.6. The van der Waals surface area contributed by atoms with Crippen LogP contribution in [-0.2, 0) is 18.3 Å². The number of carboxylic acids is 3. The second-order valence-electron chi connectivity index (χ2n) is 27.9. The van der Waals surface area contributed by atoms with Gasteiger partial charge in [-0.1, -0.05) is 165 Å². The van der Waals surface area contributed by atoms with Crippen LogP contribution in [-0.4, -0.2) is 59.4 Å². The maximum Gasteiger partial charge on any atom is 0.335 e. The number of aromatic hydroxyl groups is 3. The predicted molar refractivity (Wildman–Crippen MR) is 425 cm³/mol. The second kappa shape index (κ2) is 36.4. The number of benzene rings is 11. The van der Waals surface area contributed by atoms with Gasteiger partial charge in [0.15, 0.2) is 5.78 Å². The van der Waals surface area contributed by atoms with Crippen LogP contribution in [0, 0.1) is 104 Å². The summed E-state index contributed by atoms with van der Waals surface area (Å²) < 4.78 is 0. The van der Waals surface area contributed by atoms with Crippen LogP contribution in [0.2, 0.25) is 0 Å². The third kappa shape index (κ3) is 23.2. The van der Waals surface area contributed by atoms with Gasteiger partial charge in [0, 0.05) is 16.5 Å². The molecule has 0 heterocycles. The van der Waals surface area contributed by atoms with Crippen molar-refractivity contribution in [1.29, 1.82) is 0 Å². The van der Waals surface area contributed by atoms with E-state index in [-0.39, 0.29) is 17.0 Å². The Morgan fingerprint density at radius 3 is 1.06 bits per heavy atom. The van der Waals surface area contributed by atoms with Gasteiger partial charge in [0.25, 0.3) is 0 Å². The van der Waals surface area contributed by atoms with Crippen molar-refractivity contribution in [1.82, 2.24) is 0 Å². The minimum atomic E-state index is -0.923. The molecule has 0 radical (unpaired) electrons. The average Bonchev–Trinajstić information content (AvgIpc) is 0.797. The van der Waals surface area contributed by atoms with Gasteiger partial charge < -0.3 is 35.7 Å². The molecule has 11 nitrogen and oxygen atoms in total. The van der Waals surface area contributed by atoms with E-state index in [2.05, 4.69) is 123 Å². The van der Waals surface area contributed by atoms with Gasteiger partial charge in [0.05, 0.1) is 16.7 Å². The van der Waals surface area contributed by atoms with Crippen LogP contribution >= 0.6 is 0 Å². The van der Waals surface area contributed by atoms with Crippen LogP contribution < -0.4 is 0 Å². The van der Waals surface area contributed by atoms with Crippen LogP contribution in [0.4, 0.5) is 0 Å². The molecule has 104 heavy (non-hydrogen) atoms. The fraction of sp³-hybridized carbons (Fsp3) is 0.226. The summed E-state index contributed by atoms with van der Waals surface area (Å²) in [5, 5.41) is 65.3. The van der Waals surface area contributed by atoms with Crippen LogP contribution in [0.3, 0.4) is 0 Å². The quantitative estimate of drug-likeness (QED) is 0.0426. The summed E-state index contributed by atoms with van der Waals surface area (Å²) in [5.74, 6) is -1.55. The second-order valence-corrected chi connectivity index (χ2v) is 27.9. The lowest BCUT2D eigenvalue weighted by atomic mass is 9.77. The number of phenols is 3. The minimum absolute atomic E-state index is 0.0374. The molecule has 0 aliphatic heterocycles. The van der Waals surface area contributed by atoms with Crippen molar-refractivity contribution in [2.75, 3.05) is 0 Å². The molecule has 0 amide bonds. The first kappa shape index (κ1) is 81.4. The molecular weight excluding hydrogens is 1290 g/mol. The summed E-state index contributed by atoms with van der Waals surface area (Å²) in [6.45, 7) is 39.3. The van der Waals surface area contributed by atoms with E-state index in [0.29, 0.717) is 52.3 Å². The number of aromatic carboxylic acids is 3. The van der Waals surface area contributed by atoms with Crippen molar-refractivity contribution in [3.8, 4) is 39.5 Å². The Hall–Kier alpha value is -11.6. The van der Waals surface area contributed by atoms with E-state index in [0.717, 1.165) is 94.6 Å². The van der Waals surface area contributed by atoms with Gasteiger partial charge in [-0.25, -0.2) is 14.4 Å². The van der Waals surface area contributed by atoms with E-state index in [1.807, 2.05) is 152 Å². The van der Waals surface area contributed by atoms with Crippen molar-refractivity contribution in [2.45, 2.75) is 143 Å². The zero-order chi connectivity index (χ0) is 77.2. The molecule has 0 bridgehead atoms. The number of aliphatic hydroxyl groups is 1. The molecule has 7 N–H and O–H groups in total. The molecule has 0 unspecified atom stereocenters. The Bertz CT molecular complexity index is 4570. The highest BCUT2D eigenvalue weighted by molar-refractivity contribution is 5.96. The smallest absolute Gasteiger partial charge is 0.335 e. The number of carboxylic acid groups (broad SMARTS) is 3. The highest BCUT2D eigenvalue weighted by Gasteiger charge is 2.24. The zero-order valence-electron chi connectivity index (χ0n) is 63.4. The number of carbonyl (C=O) groups is 4. The average molecular weight is 1390 g/mol. The first-order valence-corrected chi connectivity index (χ1v) is 34.5. The molecule has 0 aromatic heterocycles. The Morgan fingerprint density at radius 2 is 0.635 bits per heavy atom. The van der Waals surface area contributed by atoms with E-state index in [1.165, 1.54) is 50.1 Å². The van der Waals surface area contributed by atoms with Crippen molar-refractivity contribution >= 4 is 29.5 Å². The summed E-state index contributed by atoms with van der Waals surface area (Å²) >= 11 is 0. The normalized spacial score (nSPS) is 10.6. The van der Waals surface area contributed by atoms with E-state index in [4.69, 9.17) is 15.3 Å².